The Balaban J connectivity index is 2.24. The Bertz CT molecular complexity index is 320. The highest BCUT2D eigenvalue weighted by molar-refractivity contribution is 9.11. The van der Waals surface area contributed by atoms with Crippen molar-refractivity contribution in [1.82, 2.24) is 0 Å². The third-order valence-corrected chi connectivity index (χ3v) is 4.77. The van der Waals surface area contributed by atoms with Gasteiger partial charge in [-0.3, -0.25) is 4.79 Å². The Kier molecular flexibility index (Phi) is 5.94. The number of hydrogen-bond acceptors (Lipinski definition) is 3. The highest BCUT2D eigenvalue weighted by Gasteiger charge is 2.06. The lowest BCUT2D eigenvalue weighted by atomic mass is 10.3. The third-order valence-electron chi connectivity index (χ3n) is 1.71. The van der Waals surface area contributed by atoms with Crippen LogP contribution in [-0.4, -0.2) is 17.3 Å². The van der Waals surface area contributed by atoms with Gasteiger partial charge in [0.2, 0.25) is 0 Å². The SMILES string of the molecule is CC(C)CSCC(=O)Cc1ccc(Br)s1. The highest BCUT2D eigenvalue weighted by atomic mass is 79.9. The summed E-state index contributed by atoms with van der Waals surface area (Å²) in [6.45, 7) is 4.35. The minimum atomic E-state index is 0.329. The summed E-state index contributed by atoms with van der Waals surface area (Å²) in [5.41, 5.74) is 0. The summed E-state index contributed by atoms with van der Waals surface area (Å²) < 4.78 is 1.10. The largest absolute Gasteiger partial charge is 0.298 e. The molecule has 1 aromatic heterocycles. The monoisotopic (exact) mass is 306 g/mol. The Morgan fingerprint density at radius 1 is 1.53 bits per heavy atom. The maximum absolute atomic E-state index is 11.6. The molecule has 0 radical (unpaired) electrons. The summed E-state index contributed by atoms with van der Waals surface area (Å²) in [7, 11) is 0. The van der Waals surface area contributed by atoms with Crippen molar-refractivity contribution in [2.75, 3.05) is 11.5 Å². The van der Waals surface area contributed by atoms with Crippen LogP contribution in [0.5, 0.6) is 0 Å². The van der Waals surface area contributed by atoms with Gasteiger partial charge in [0.15, 0.2) is 0 Å². The molecular formula is C11H15BrOS2. The van der Waals surface area contributed by atoms with E-state index in [1.54, 1.807) is 23.1 Å². The van der Waals surface area contributed by atoms with Gasteiger partial charge < -0.3 is 0 Å². The molecule has 0 aromatic carbocycles. The van der Waals surface area contributed by atoms with Crippen molar-refractivity contribution in [3.63, 3.8) is 0 Å². The first-order chi connectivity index (χ1) is 7.08. The van der Waals surface area contributed by atoms with Crippen molar-refractivity contribution in [3.05, 3.63) is 20.8 Å². The lowest BCUT2D eigenvalue weighted by Gasteiger charge is -2.02. The average Bonchev–Trinajstić information content (AvgIpc) is 2.50. The van der Waals surface area contributed by atoms with E-state index in [4.69, 9.17) is 0 Å². The molecule has 1 heterocycles. The molecule has 0 aliphatic carbocycles. The van der Waals surface area contributed by atoms with Gasteiger partial charge in [-0.25, -0.2) is 0 Å². The molecule has 84 valence electrons. The van der Waals surface area contributed by atoms with Crippen molar-refractivity contribution < 1.29 is 4.79 Å². The number of carbonyl (C=O) groups is 1. The zero-order valence-electron chi connectivity index (χ0n) is 8.96. The number of carbonyl (C=O) groups excluding carboxylic acids is 1. The molecule has 0 bridgehead atoms. The second-order valence-electron chi connectivity index (χ2n) is 3.83. The minimum Gasteiger partial charge on any atom is -0.298 e. The molecule has 0 aliphatic rings. The van der Waals surface area contributed by atoms with Gasteiger partial charge in [0, 0.05) is 11.3 Å². The first kappa shape index (κ1) is 13.3. The summed E-state index contributed by atoms with van der Waals surface area (Å²) in [6.07, 6.45) is 0.585. The molecule has 1 aromatic rings. The standard InChI is InChI=1S/C11H15BrOS2/c1-8(2)6-14-7-9(13)5-10-3-4-11(12)15-10/h3-4,8H,5-7H2,1-2H3. The van der Waals surface area contributed by atoms with Crippen molar-refractivity contribution in [3.8, 4) is 0 Å². The molecular weight excluding hydrogens is 292 g/mol. The molecule has 0 saturated heterocycles. The van der Waals surface area contributed by atoms with Gasteiger partial charge in [-0.05, 0) is 39.7 Å². The van der Waals surface area contributed by atoms with E-state index in [1.807, 2.05) is 12.1 Å². The Morgan fingerprint density at radius 3 is 2.80 bits per heavy atom. The van der Waals surface area contributed by atoms with Crippen molar-refractivity contribution in [2.45, 2.75) is 20.3 Å². The van der Waals surface area contributed by atoms with E-state index < -0.39 is 0 Å². The fourth-order valence-corrected chi connectivity index (χ4v) is 3.53. The van der Waals surface area contributed by atoms with E-state index in [1.165, 1.54) is 0 Å². The maximum atomic E-state index is 11.6. The Morgan fingerprint density at radius 2 is 2.27 bits per heavy atom. The number of thiophene rings is 1. The van der Waals surface area contributed by atoms with Gasteiger partial charge >= 0.3 is 0 Å². The molecule has 0 aliphatic heterocycles. The summed E-state index contributed by atoms with van der Waals surface area (Å²) in [5.74, 6) is 2.71. The highest BCUT2D eigenvalue weighted by Crippen LogP contribution is 2.22. The Labute approximate surface area is 108 Å². The van der Waals surface area contributed by atoms with Gasteiger partial charge in [-0.2, -0.15) is 11.8 Å². The van der Waals surface area contributed by atoms with Crippen LogP contribution in [0.15, 0.2) is 15.9 Å². The van der Waals surface area contributed by atoms with Crippen LogP contribution in [-0.2, 0) is 11.2 Å². The maximum Gasteiger partial charge on any atom is 0.147 e. The van der Waals surface area contributed by atoms with Crippen LogP contribution in [0, 0.1) is 5.92 Å². The van der Waals surface area contributed by atoms with Crippen molar-refractivity contribution in [1.29, 1.82) is 0 Å². The van der Waals surface area contributed by atoms with Crippen LogP contribution in [0.1, 0.15) is 18.7 Å². The summed E-state index contributed by atoms with van der Waals surface area (Å²) in [4.78, 5) is 12.7. The molecule has 4 heteroatoms. The molecule has 15 heavy (non-hydrogen) atoms. The van der Waals surface area contributed by atoms with Crippen LogP contribution in [0.2, 0.25) is 0 Å². The minimum absolute atomic E-state index is 0.329. The van der Waals surface area contributed by atoms with Crippen LogP contribution in [0.25, 0.3) is 0 Å². The Hall–Kier alpha value is 0.200. The number of hydrogen-bond donors (Lipinski definition) is 0. The topological polar surface area (TPSA) is 17.1 Å². The molecule has 0 spiro atoms. The molecule has 0 atom stereocenters. The summed E-state index contributed by atoms with van der Waals surface area (Å²) in [6, 6.07) is 4.01. The van der Waals surface area contributed by atoms with Gasteiger partial charge in [0.25, 0.3) is 0 Å². The lowest BCUT2D eigenvalue weighted by molar-refractivity contribution is -0.115. The van der Waals surface area contributed by atoms with Crippen LogP contribution in [0.4, 0.5) is 0 Å². The molecule has 0 fully saturated rings. The van der Waals surface area contributed by atoms with Gasteiger partial charge in [0.1, 0.15) is 5.78 Å². The fraction of sp³-hybridized carbons (Fsp3) is 0.545. The summed E-state index contributed by atoms with van der Waals surface area (Å²) in [5, 5.41) is 0. The van der Waals surface area contributed by atoms with Crippen LogP contribution in [0.3, 0.4) is 0 Å². The fourth-order valence-electron chi connectivity index (χ4n) is 1.10. The number of thioether (sulfide) groups is 1. The summed E-state index contributed by atoms with van der Waals surface area (Å²) >= 11 is 6.78. The van der Waals surface area contributed by atoms with E-state index in [9.17, 15) is 4.79 Å². The van der Waals surface area contributed by atoms with E-state index >= 15 is 0 Å². The first-order valence-corrected chi connectivity index (χ1v) is 7.68. The van der Waals surface area contributed by atoms with Crippen molar-refractivity contribution >= 4 is 44.8 Å². The van der Waals surface area contributed by atoms with Crippen LogP contribution < -0.4 is 0 Å². The van der Waals surface area contributed by atoms with E-state index in [0.717, 1.165) is 14.4 Å². The van der Waals surface area contributed by atoms with E-state index in [0.29, 0.717) is 23.9 Å². The molecule has 0 N–H and O–H groups in total. The molecule has 0 amide bonds. The second-order valence-corrected chi connectivity index (χ2v) is 7.41. The molecule has 0 saturated carbocycles. The zero-order chi connectivity index (χ0) is 11.3. The molecule has 0 unspecified atom stereocenters. The van der Waals surface area contributed by atoms with Gasteiger partial charge in [0.05, 0.1) is 9.54 Å². The lowest BCUT2D eigenvalue weighted by Crippen LogP contribution is -2.06. The molecule has 1 nitrogen and oxygen atoms in total. The quantitative estimate of drug-likeness (QED) is 0.790. The number of Topliss-reactive ketones (excluding diaryl/α,β-unsaturated/α-hetero) is 1. The smallest absolute Gasteiger partial charge is 0.147 e. The van der Waals surface area contributed by atoms with E-state index in [-0.39, 0.29) is 0 Å². The predicted molar refractivity (Wildman–Crippen MR) is 72.9 cm³/mol. The van der Waals surface area contributed by atoms with Gasteiger partial charge in [-0.15, -0.1) is 11.3 Å². The van der Waals surface area contributed by atoms with Gasteiger partial charge in [-0.1, -0.05) is 13.8 Å². The van der Waals surface area contributed by atoms with Crippen molar-refractivity contribution in [2.24, 2.45) is 5.92 Å². The molecule has 1 rings (SSSR count). The number of rotatable bonds is 6. The zero-order valence-corrected chi connectivity index (χ0v) is 12.2. The van der Waals surface area contributed by atoms with E-state index in [2.05, 4.69) is 29.8 Å². The third kappa shape index (κ3) is 5.73. The normalized spacial score (nSPS) is 10.9. The first-order valence-electron chi connectivity index (χ1n) is 4.91. The number of ketones is 1. The predicted octanol–water partition coefficient (Wildman–Crippen LogP) is 4.01. The number of halogens is 1. The second kappa shape index (κ2) is 6.71. The average molecular weight is 307 g/mol. The van der Waals surface area contributed by atoms with Crippen LogP contribution >= 0.6 is 39.0 Å².